The average Bonchev–Trinajstić information content (AvgIpc) is 4.26. The van der Waals surface area contributed by atoms with Crippen LogP contribution in [0.3, 0.4) is 0 Å². The fourth-order valence-corrected chi connectivity index (χ4v) is 11.0. The number of amides is 3. The third kappa shape index (κ3) is 9.58. The summed E-state index contributed by atoms with van der Waals surface area (Å²) in [5.41, 5.74) is 9.09. The second-order valence-corrected chi connectivity index (χ2v) is 20.2. The van der Waals surface area contributed by atoms with E-state index in [0.29, 0.717) is 18.1 Å². The van der Waals surface area contributed by atoms with E-state index >= 15 is 0 Å². The van der Waals surface area contributed by atoms with Crippen molar-refractivity contribution in [1.29, 1.82) is 0 Å². The molecule has 6 atom stereocenters. The zero-order chi connectivity index (χ0) is 51.1. The summed E-state index contributed by atoms with van der Waals surface area (Å²) >= 11 is 0. The van der Waals surface area contributed by atoms with Crippen LogP contribution in [0.25, 0.3) is 55.8 Å². The Morgan fingerprint density at radius 3 is 2.04 bits per heavy atom. The highest BCUT2D eigenvalue weighted by Gasteiger charge is 2.40. The largest absolute Gasteiger partial charge is 0.465 e. The summed E-state index contributed by atoms with van der Waals surface area (Å²) in [5, 5.41) is 6.49. The number of likely N-dealkylation sites (tertiary alicyclic amines) is 1. The smallest absolute Gasteiger partial charge is 0.407 e. The van der Waals surface area contributed by atoms with Crippen LogP contribution in [0.2, 0.25) is 0 Å². The van der Waals surface area contributed by atoms with Gasteiger partial charge in [-0.1, -0.05) is 89.1 Å². The van der Waals surface area contributed by atoms with Gasteiger partial charge in [-0.2, -0.15) is 0 Å². The van der Waals surface area contributed by atoms with Gasteiger partial charge in [0, 0.05) is 40.5 Å². The number of imidazole rings is 2. The molecule has 2 aliphatic heterocycles. The maximum Gasteiger partial charge on any atom is 0.407 e. The van der Waals surface area contributed by atoms with Gasteiger partial charge in [0.1, 0.15) is 29.3 Å². The predicted molar refractivity (Wildman–Crippen MR) is 275 cm³/mol. The Morgan fingerprint density at radius 2 is 1.33 bits per heavy atom. The monoisotopic (exact) mass is 988 g/mol. The molecule has 7 aromatic rings. The zero-order valence-electron chi connectivity index (χ0n) is 41.9. The number of aromatic nitrogens is 5. The van der Waals surface area contributed by atoms with E-state index in [-0.39, 0.29) is 47.2 Å². The molecule has 1 saturated heterocycles. The number of rotatable bonds is 13. The van der Waals surface area contributed by atoms with Crippen molar-refractivity contribution in [2.24, 2.45) is 17.8 Å². The van der Waals surface area contributed by atoms with Gasteiger partial charge in [-0.05, 0) is 96.7 Å². The predicted octanol–water partition coefficient (Wildman–Crippen LogP) is 11.1. The number of carbonyl (C=O) groups excluding carboxylic acids is 4. The molecule has 0 radical (unpaired) electrons. The number of fused-ring (bicyclic) bond motifs is 5. The van der Waals surface area contributed by atoms with Crippen LogP contribution in [0, 0.1) is 23.6 Å². The summed E-state index contributed by atoms with van der Waals surface area (Å²) in [6.07, 6.45) is 6.80. The molecule has 3 aliphatic rings. The lowest BCUT2D eigenvalue weighted by atomic mass is 9.73. The minimum atomic E-state index is -0.738. The number of alkyl carbamates (subject to hydrolysis) is 2. The van der Waals surface area contributed by atoms with E-state index in [1.807, 2.05) is 52.1 Å². The molecule has 1 aliphatic carbocycles. The highest BCUT2D eigenvalue weighted by Crippen LogP contribution is 2.47. The van der Waals surface area contributed by atoms with Crippen molar-refractivity contribution in [2.75, 3.05) is 20.8 Å². The summed E-state index contributed by atoms with van der Waals surface area (Å²) < 4.78 is 33.0. The van der Waals surface area contributed by atoms with Gasteiger partial charge in [0.2, 0.25) is 12.1 Å². The lowest BCUT2D eigenvalue weighted by Crippen LogP contribution is -2.51. The van der Waals surface area contributed by atoms with Crippen molar-refractivity contribution in [3.05, 3.63) is 126 Å². The van der Waals surface area contributed by atoms with Gasteiger partial charge in [0.05, 0.1) is 61.3 Å². The average molecular weight is 989 g/mol. The number of nitrogens with one attached hydrogen (secondary N) is 4. The van der Waals surface area contributed by atoms with Gasteiger partial charge in [0.25, 0.3) is 0 Å². The summed E-state index contributed by atoms with van der Waals surface area (Å²) in [7, 11) is 2.59. The number of Topliss-reactive ketones (excluding diaryl/α,β-unsaturated/α-hetero) is 1. The van der Waals surface area contributed by atoms with E-state index in [9.17, 15) is 23.6 Å². The number of methoxy groups -OCH3 is 2. The van der Waals surface area contributed by atoms with Gasteiger partial charge in [0.15, 0.2) is 5.78 Å². The standard InChI is InChI=1S/C57H61FN8O7/c1-31(2)49(63-56(69)71-5)51(67)40-10-7-8-11-41(40)52-59-29-43(61-52)34-15-13-33(14-16-34)36-20-24-45-38(26-36)27-47-42-23-19-37(28-48(42)73-55(66(45)47)35-17-21-39(58)22-18-35)44-30-60-53(62-44)46-12-9-25-65(46)54(68)50(32(3)4)64-57(70)72-6/h13-24,26-32,40-41,46,49-50,55H,7-12,25H2,1-6H3,(H,59,61)(H,60,62)(H,63,69)(H,64,70)/t40-,41+,46+,49?,50+,55?/m1/s1. The number of nitrogens with zero attached hydrogens (tertiary/aromatic N) is 4. The number of benzene rings is 4. The molecule has 3 amide bonds. The minimum absolute atomic E-state index is 0.0167. The second-order valence-electron chi connectivity index (χ2n) is 20.2. The Labute approximate surface area is 423 Å². The van der Waals surface area contributed by atoms with Crippen LogP contribution in [0.1, 0.15) is 102 Å². The Kier molecular flexibility index (Phi) is 13.7. The first-order chi connectivity index (χ1) is 35.3. The molecule has 4 aromatic carbocycles. The third-order valence-electron chi connectivity index (χ3n) is 14.9. The first-order valence-electron chi connectivity index (χ1n) is 25.3. The SMILES string of the molecule is COC(=O)NC(C(=O)[C@@H]1CCCC[C@@H]1c1ncc(-c2ccc(-c3ccc4c(c3)cc3n4C(c4ccc(F)cc4)Oc4cc(-c5cnc([C@@H]6CCCN6C(=O)[C@@H](NC(=O)OC)C(C)C)[nH]5)ccc4-3)cc2)[nH]1)C(C)C. The molecule has 5 heterocycles. The van der Waals surface area contributed by atoms with E-state index in [4.69, 9.17) is 24.2 Å². The molecule has 2 unspecified atom stereocenters. The highest BCUT2D eigenvalue weighted by molar-refractivity contribution is 5.93. The van der Waals surface area contributed by atoms with E-state index in [2.05, 4.69) is 73.7 Å². The number of ether oxygens (including phenoxy) is 3. The molecule has 2 fully saturated rings. The number of aromatic amines is 2. The number of H-pyrrole nitrogens is 2. The maximum absolute atomic E-state index is 14.3. The Hall–Kier alpha value is -7.75. The number of halogens is 1. The van der Waals surface area contributed by atoms with Crippen molar-refractivity contribution in [2.45, 2.75) is 96.5 Å². The zero-order valence-corrected chi connectivity index (χ0v) is 41.9. The van der Waals surface area contributed by atoms with Crippen LogP contribution >= 0.6 is 0 Å². The van der Waals surface area contributed by atoms with E-state index in [1.54, 1.807) is 23.2 Å². The first-order valence-corrected chi connectivity index (χ1v) is 25.3. The summed E-state index contributed by atoms with van der Waals surface area (Å²) in [6, 6.07) is 27.7. The molecule has 16 heteroatoms. The number of hydrogen-bond acceptors (Lipinski definition) is 9. The molecular formula is C57H61FN8O7. The van der Waals surface area contributed by atoms with Gasteiger partial charge >= 0.3 is 12.2 Å². The molecule has 378 valence electrons. The molecule has 10 rings (SSSR count). The normalized spacial score (nSPS) is 19.2. The molecule has 3 aromatic heterocycles. The van der Waals surface area contributed by atoms with Gasteiger partial charge in [-0.25, -0.2) is 23.9 Å². The van der Waals surface area contributed by atoms with Crippen LogP contribution < -0.4 is 15.4 Å². The van der Waals surface area contributed by atoms with Crippen molar-refractivity contribution in [1.82, 2.24) is 40.0 Å². The third-order valence-corrected chi connectivity index (χ3v) is 14.9. The molecule has 73 heavy (non-hydrogen) atoms. The molecule has 4 N–H and O–H groups in total. The van der Waals surface area contributed by atoms with Crippen LogP contribution in [-0.4, -0.2) is 86.1 Å². The van der Waals surface area contributed by atoms with Crippen molar-refractivity contribution < 1.29 is 37.8 Å². The van der Waals surface area contributed by atoms with Crippen LogP contribution in [0.15, 0.2) is 103 Å². The van der Waals surface area contributed by atoms with E-state index < -0.39 is 30.5 Å². The Balaban J connectivity index is 0.910. The molecular weight excluding hydrogens is 928 g/mol. The topological polar surface area (TPSA) is 186 Å². The molecule has 15 nitrogen and oxygen atoms in total. The van der Waals surface area contributed by atoms with Crippen LogP contribution in [0.4, 0.5) is 14.0 Å². The van der Waals surface area contributed by atoms with Crippen molar-refractivity contribution in [3.8, 4) is 50.6 Å². The lowest BCUT2D eigenvalue weighted by Gasteiger charge is -2.33. The quantitative estimate of drug-likeness (QED) is 0.0872. The van der Waals surface area contributed by atoms with Crippen LogP contribution in [-0.2, 0) is 19.1 Å². The maximum atomic E-state index is 14.3. The lowest BCUT2D eigenvalue weighted by molar-refractivity contribution is -0.135. The van der Waals surface area contributed by atoms with E-state index in [0.717, 1.165) is 106 Å². The van der Waals surface area contributed by atoms with Crippen molar-refractivity contribution in [3.63, 3.8) is 0 Å². The molecule has 0 spiro atoms. The van der Waals surface area contributed by atoms with Gasteiger partial charge in [-0.3, -0.25) is 9.59 Å². The molecule has 0 bridgehead atoms. The van der Waals surface area contributed by atoms with Gasteiger partial charge in [-0.15, -0.1) is 0 Å². The summed E-state index contributed by atoms with van der Waals surface area (Å²) in [6.45, 7) is 8.19. The Bertz CT molecular complexity index is 3180. The fourth-order valence-electron chi connectivity index (χ4n) is 11.0. The van der Waals surface area contributed by atoms with Crippen LogP contribution in [0.5, 0.6) is 5.75 Å². The van der Waals surface area contributed by atoms with Gasteiger partial charge < -0.3 is 44.3 Å². The highest BCUT2D eigenvalue weighted by atomic mass is 19.1. The number of carbonyl (C=O) groups is 4. The first kappa shape index (κ1) is 48.9. The summed E-state index contributed by atoms with van der Waals surface area (Å²) in [5.74, 6) is 1.01. The number of ketones is 1. The number of hydrogen-bond donors (Lipinski definition) is 4. The Morgan fingerprint density at radius 1 is 0.699 bits per heavy atom. The minimum Gasteiger partial charge on any atom is -0.465 e. The van der Waals surface area contributed by atoms with Crippen molar-refractivity contribution >= 4 is 34.8 Å². The van der Waals surface area contributed by atoms with E-state index in [1.165, 1.54) is 26.4 Å². The second kappa shape index (κ2) is 20.4. The fraction of sp³-hybridized carbons (Fsp3) is 0.368. The molecule has 1 saturated carbocycles. The summed E-state index contributed by atoms with van der Waals surface area (Å²) in [4.78, 5) is 70.4.